The van der Waals surface area contributed by atoms with Crippen molar-refractivity contribution < 1.29 is 34.6 Å². The molecule has 1 aliphatic carbocycles. The van der Waals surface area contributed by atoms with Crippen LogP contribution < -0.4 is 4.74 Å². The average molecular weight is 493 g/mol. The van der Waals surface area contributed by atoms with Gasteiger partial charge in [0.15, 0.2) is 0 Å². The molecule has 0 amide bonds. The molecule has 0 aromatic heterocycles. The molecule has 34 heavy (non-hydrogen) atoms. The van der Waals surface area contributed by atoms with E-state index >= 15 is 0 Å². The minimum atomic E-state index is -1.43. The number of aliphatic hydroxyl groups is 4. The van der Waals surface area contributed by atoms with Crippen LogP contribution in [0.25, 0.3) is 0 Å². The third-order valence-corrected chi connectivity index (χ3v) is 7.19. The second-order valence-electron chi connectivity index (χ2n) is 9.19. The molecule has 1 aliphatic heterocycles. The molecule has 2 aromatic rings. The Morgan fingerprint density at radius 2 is 1.71 bits per heavy atom. The van der Waals surface area contributed by atoms with E-state index in [9.17, 15) is 20.4 Å². The van der Waals surface area contributed by atoms with Gasteiger partial charge in [-0.2, -0.15) is 0 Å². The van der Waals surface area contributed by atoms with Crippen molar-refractivity contribution in [3.05, 3.63) is 64.2 Å². The van der Waals surface area contributed by atoms with E-state index in [2.05, 4.69) is 0 Å². The number of halogens is 1. The molecule has 1 saturated heterocycles. The number of rotatable bonds is 7. The van der Waals surface area contributed by atoms with Crippen LogP contribution in [0.4, 0.5) is 0 Å². The Morgan fingerprint density at radius 1 is 0.971 bits per heavy atom. The van der Waals surface area contributed by atoms with Crippen LogP contribution in [0.2, 0.25) is 5.02 Å². The first kappa shape index (κ1) is 25.4. The summed E-state index contributed by atoms with van der Waals surface area (Å²) >= 11 is 6.45. The highest BCUT2D eigenvalue weighted by molar-refractivity contribution is 6.31. The summed E-state index contributed by atoms with van der Waals surface area (Å²) in [6.07, 6.45) is -0.912. The van der Waals surface area contributed by atoms with Gasteiger partial charge in [-0.3, -0.25) is 0 Å². The van der Waals surface area contributed by atoms with E-state index in [4.69, 9.17) is 25.8 Å². The van der Waals surface area contributed by atoms with Gasteiger partial charge in [0.2, 0.25) is 0 Å². The summed E-state index contributed by atoms with van der Waals surface area (Å²) in [7, 11) is 1.75. The maximum absolute atomic E-state index is 10.5. The highest BCUT2D eigenvalue weighted by atomic mass is 35.5. The Morgan fingerprint density at radius 3 is 2.41 bits per heavy atom. The summed E-state index contributed by atoms with van der Waals surface area (Å²) < 4.78 is 17.3. The summed E-state index contributed by atoms with van der Waals surface area (Å²) in [5, 5.41) is 40.6. The lowest BCUT2D eigenvalue weighted by Gasteiger charge is -2.40. The van der Waals surface area contributed by atoms with Gasteiger partial charge in [-0.1, -0.05) is 35.9 Å². The predicted octanol–water partition coefficient (Wildman–Crippen LogP) is 2.78. The van der Waals surface area contributed by atoms with Crippen molar-refractivity contribution in [2.45, 2.75) is 74.8 Å². The van der Waals surface area contributed by atoms with Gasteiger partial charge in [0.05, 0.1) is 12.7 Å². The second-order valence-corrected chi connectivity index (χ2v) is 9.59. The van der Waals surface area contributed by atoms with Crippen LogP contribution >= 0.6 is 11.6 Å². The van der Waals surface area contributed by atoms with E-state index in [0.717, 1.165) is 42.6 Å². The van der Waals surface area contributed by atoms with Crippen LogP contribution in [0.3, 0.4) is 0 Å². The van der Waals surface area contributed by atoms with Gasteiger partial charge in [0.25, 0.3) is 0 Å². The number of hydrogen-bond acceptors (Lipinski definition) is 7. The van der Waals surface area contributed by atoms with Crippen molar-refractivity contribution >= 4 is 11.6 Å². The first-order valence-corrected chi connectivity index (χ1v) is 12.1. The lowest BCUT2D eigenvalue weighted by Crippen LogP contribution is -2.55. The first-order chi connectivity index (χ1) is 16.4. The largest absolute Gasteiger partial charge is 0.490 e. The number of hydrogen-bond donors (Lipinski definition) is 4. The molecule has 1 saturated carbocycles. The molecule has 0 radical (unpaired) electrons. The highest BCUT2D eigenvalue weighted by Gasteiger charge is 2.44. The minimum Gasteiger partial charge on any atom is -0.490 e. The second kappa shape index (κ2) is 11.4. The topological polar surface area (TPSA) is 109 Å². The molecule has 7 atom stereocenters. The Kier molecular flexibility index (Phi) is 8.47. The fourth-order valence-electron chi connectivity index (χ4n) is 4.81. The van der Waals surface area contributed by atoms with E-state index < -0.39 is 37.1 Å². The third kappa shape index (κ3) is 5.74. The molecule has 2 aromatic carbocycles. The molecule has 186 valence electrons. The first-order valence-electron chi connectivity index (χ1n) is 11.8. The molecule has 1 heterocycles. The van der Waals surface area contributed by atoms with E-state index in [-0.39, 0.29) is 12.2 Å². The highest BCUT2D eigenvalue weighted by Crippen LogP contribution is 2.34. The molecular formula is C26H33ClO7. The van der Waals surface area contributed by atoms with Crippen LogP contribution in [0.1, 0.15) is 48.5 Å². The summed E-state index contributed by atoms with van der Waals surface area (Å²) in [6.45, 7) is -0.469. The van der Waals surface area contributed by atoms with E-state index in [1.165, 1.54) is 0 Å². The monoisotopic (exact) mass is 492 g/mol. The van der Waals surface area contributed by atoms with Gasteiger partial charge in [-0.25, -0.2) is 0 Å². The van der Waals surface area contributed by atoms with Crippen molar-refractivity contribution in [3.63, 3.8) is 0 Å². The summed E-state index contributed by atoms with van der Waals surface area (Å²) in [6, 6.07) is 13.2. The molecule has 4 rings (SSSR count). The number of aliphatic hydroxyl groups excluding tert-OH is 4. The molecule has 2 aliphatic rings. The van der Waals surface area contributed by atoms with Crippen molar-refractivity contribution in [2.24, 2.45) is 0 Å². The summed E-state index contributed by atoms with van der Waals surface area (Å²) in [5.74, 6) is 0.826. The molecule has 2 fully saturated rings. The molecule has 4 N–H and O–H groups in total. The quantitative estimate of drug-likeness (QED) is 0.470. The zero-order chi connectivity index (χ0) is 24.2. The average Bonchev–Trinajstić information content (AvgIpc) is 2.85. The maximum atomic E-state index is 10.5. The fourth-order valence-corrected chi connectivity index (χ4v) is 4.99. The van der Waals surface area contributed by atoms with Crippen LogP contribution in [0.15, 0.2) is 42.5 Å². The Balaban J connectivity index is 1.44. The Hall–Kier alpha value is -1.71. The molecule has 8 heteroatoms. The van der Waals surface area contributed by atoms with Crippen molar-refractivity contribution in [1.82, 2.24) is 0 Å². The Labute approximate surface area is 204 Å². The van der Waals surface area contributed by atoms with Crippen LogP contribution in [-0.2, 0) is 15.9 Å². The third-order valence-electron chi connectivity index (χ3n) is 6.82. The van der Waals surface area contributed by atoms with Gasteiger partial charge in [-0.15, -0.1) is 0 Å². The summed E-state index contributed by atoms with van der Waals surface area (Å²) in [5.41, 5.74) is 2.49. The van der Waals surface area contributed by atoms with Crippen LogP contribution in [-0.4, -0.2) is 70.8 Å². The van der Waals surface area contributed by atoms with Crippen molar-refractivity contribution in [3.8, 4) is 5.75 Å². The van der Waals surface area contributed by atoms with Gasteiger partial charge in [0, 0.05) is 18.6 Å². The molecule has 0 unspecified atom stereocenters. The normalized spacial score (nSPS) is 31.9. The number of benzene rings is 2. The smallest absolute Gasteiger partial charge is 0.119 e. The lowest BCUT2D eigenvalue weighted by atomic mass is 9.90. The SMILES string of the molecule is CO[C@H]1CCC[C@@H](Oc2ccc(Cc3cc([C@@H]4O[C@H](CO)[C@@H](O)[C@H](O)[C@H]4O)ccc3Cl)cc2)C1. The van der Waals surface area contributed by atoms with Gasteiger partial charge in [-0.05, 0) is 60.6 Å². The van der Waals surface area contributed by atoms with Crippen molar-refractivity contribution in [1.29, 1.82) is 0 Å². The summed E-state index contributed by atoms with van der Waals surface area (Å²) in [4.78, 5) is 0. The van der Waals surface area contributed by atoms with Gasteiger partial charge in [0.1, 0.15) is 42.4 Å². The predicted molar refractivity (Wildman–Crippen MR) is 127 cm³/mol. The fraction of sp³-hybridized carbons (Fsp3) is 0.538. The molecule has 0 spiro atoms. The molecular weight excluding hydrogens is 460 g/mol. The van der Waals surface area contributed by atoms with Crippen LogP contribution in [0, 0.1) is 0 Å². The number of ether oxygens (including phenoxy) is 3. The van der Waals surface area contributed by atoms with E-state index in [1.54, 1.807) is 19.2 Å². The van der Waals surface area contributed by atoms with Crippen molar-refractivity contribution in [2.75, 3.05) is 13.7 Å². The zero-order valence-electron chi connectivity index (χ0n) is 19.2. The maximum Gasteiger partial charge on any atom is 0.119 e. The molecule has 0 bridgehead atoms. The molecule has 7 nitrogen and oxygen atoms in total. The van der Waals surface area contributed by atoms with Crippen LogP contribution in [0.5, 0.6) is 5.75 Å². The van der Waals surface area contributed by atoms with Gasteiger partial charge >= 0.3 is 0 Å². The minimum absolute atomic E-state index is 0.161. The zero-order valence-corrected chi connectivity index (χ0v) is 20.0. The lowest BCUT2D eigenvalue weighted by molar-refractivity contribution is -0.231. The number of methoxy groups -OCH3 is 1. The van der Waals surface area contributed by atoms with E-state index in [1.807, 2.05) is 30.3 Å². The van der Waals surface area contributed by atoms with E-state index in [0.29, 0.717) is 17.0 Å². The standard InChI is InChI=1S/C26H33ClO7/c1-32-19-3-2-4-20(13-19)33-18-8-5-15(6-9-18)11-17-12-16(7-10-21(17)27)26-25(31)24(30)23(29)22(14-28)34-26/h5-10,12,19-20,22-26,28-31H,2-4,11,13-14H2,1H3/t19-,20+,22+,23+,24-,25+,26-/m0/s1. The Bertz CT molecular complexity index is 935. The van der Waals surface area contributed by atoms with Gasteiger partial charge < -0.3 is 34.6 Å².